The summed E-state index contributed by atoms with van der Waals surface area (Å²) in [5, 5.41) is 8.82. The van der Waals surface area contributed by atoms with Crippen molar-refractivity contribution in [2.24, 2.45) is 0 Å². The Kier molecular flexibility index (Phi) is 3.65. The average Bonchev–Trinajstić information content (AvgIpc) is 2.81. The Balaban J connectivity index is 2.23. The van der Waals surface area contributed by atoms with Crippen LogP contribution in [0.3, 0.4) is 0 Å². The van der Waals surface area contributed by atoms with Gasteiger partial charge in [-0.05, 0) is 24.6 Å². The summed E-state index contributed by atoms with van der Waals surface area (Å²) in [6, 6.07) is 5.01. The summed E-state index contributed by atoms with van der Waals surface area (Å²) in [4.78, 5) is 10.7. The van der Waals surface area contributed by atoms with Crippen LogP contribution in [0.4, 0.5) is 0 Å². The van der Waals surface area contributed by atoms with Gasteiger partial charge in [-0.3, -0.25) is 0 Å². The second-order valence-electron chi connectivity index (χ2n) is 4.01. The van der Waals surface area contributed by atoms with Crippen molar-refractivity contribution in [1.29, 1.82) is 0 Å². The van der Waals surface area contributed by atoms with E-state index in [2.05, 4.69) is 4.72 Å². The highest BCUT2D eigenvalue weighted by atomic mass is 32.2. The molecule has 1 saturated heterocycles. The highest BCUT2D eigenvalue weighted by molar-refractivity contribution is 7.89. The first kappa shape index (κ1) is 13.0. The third kappa shape index (κ3) is 2.87. The number of aromatic carboxylic acids is 1. The van der Waals surface area contributed by atoms with Crippen LogP contribution in [0.1, 0.15) is 16.8 Å². The SMILES string of the molecule is O=C(O)c1cccc(S(=O)(=O)NC2CCOC2)c1. The van der Waals surface area contributed by atoms with Gasteiger partial charge in [-0.15, -0.1) is 0 Å². The summed E-state index contributed by atoms with van der Waals surface area (Å²) in [5.74, 6) is -1.16. The molecule has 98 valence electrons. The molecule has 0 amide bonds. The zero-order valence-corrected chi connectivity index (χ0v) is 10.3. The van der Waals surface area contributed by atoms with Crippen LogP contribution in [-0.2, 0) is 14.8 Å². The maximum atomic E-state index is 12.0. The van der Waals surface area contributed by atoms with Gasteiger partial charge in [0.1, 0.15) is 0 Å². The molecule has 1 atom stereocenters. The van der Waals surface area contributed by atoms with Crippen molar-refractivity contribution in [3.8, 4) is 0 Å². The molecule has 1 aliphatic rings. The lowest BCUT2D eigenvalue weighted by atomic mass is 10.2. The highest BCUT2D eigenvalue weighted by Gasteiger charge is 2.23. The molecule has 0 aliphatic carbocycles. The lowest BCUT2D eigenvalue weighted by molar-refractivity contribution is 0.0696. The predicted octanol–water partition coefficient (Wildman–Crippen LogP) is 0.452. The fraction of sp³-hybridized carbons (Fsp3) is 0.364. The van der Waals surface area contributed by atoms with E-state index in [4.69, 9.17) is 9.84 Å². The summed E-state index contributed by atoms with van der Waals surface area (Å²) >= 11 is 0. The second-order valence-corrected chi connectivity index (χ2v) is 5.73. The molecule has 2 rings (SSSR count). The van der Waals surface area contributed by atoms with Crippen LogP contribution in [0.25, 0.3) is 0 Å². The summed E-state index contributed by atoms with van der Waals surface area (Å²) in [6.07, 6.45) is 0.623. The van der Waals surface area contributed by atoms with Gasteiger partial charge in [0.25, 0.3) is 0 Å². The molecule has 7 heteroatoms. The van der Waals surface area contributed by atoms with Crippen molar-refractivity contribution in [2.45, 2.75) is 17.4 Å². The topological polar surface area (TPSA) is 92.7 Å². The Hall–Kier alpha value is -1.44. The van der Waals surface area contributed by atoms with Gasteiger partial charge in [0, 0.05) is 12.6 Å². The summed E-state index contributed by atoms with van der Waals surface area (Å²) in [5.41, 5.74) is -0.0550. The molecular formula is C11H13NO5S. The van der Waals surface area contributed by atoms with Crippen molar-refractivity contribution < 1.29 is 23.1 Å². The van der Waals surface area contributed by atoms with Gasteiger partial charge in [-0.2, -0.15) is 0 Å². The van der Waals surface area contributed by atoms with E-state index in [9.17, 15) is 13.2 Å². The Labute approximate surface area is 105 Å². The minimum absolute atomic E-state index is 0.0469. The van der Waals surface area contributed by atoms with Crippen LogP contribution in [0.2, 0.25) is 0 Å². The minimum atomic E-state index is -3.69. The highest BCUT2D eigenvalue weighted by Crippen LogP contribution is 2.14. The molecular weight excluding hydrogens is 258 g/mol. The van der Waals surface area contributed by atoms with Crippen LogP contribution < -0.4 is 4.72 Å². The van der Waals surface area contributed by atoms with Crippen molar-refractivity contribution in [2.75, 3.05) is 13.2 Å². The van der Waals surface area contributed by atoms with Crippen molar-refractivity contribution in [3.05, 3.63) is 29.8 Å². The maximum absolute atomic E-state index is 12.0. The van der Waals surface area contributed by atoms with Crippen molar-refractivity contribution >= 4 is 16.0 Å². The van der Waals surface area contributed by atoms with Crippen LogP contribution in [0, 0.1) is 0 Å². The first-order valence-corrected chi connectivity index (χ1v) is 6.91. The van der Waals surface area contributed by atoms with Crippen molar-refractivity contribution in [3.63, 3.8) is 0 Å². The quantitative estimate of drug-likeness (QED) is 0.829. The van der Waals surface area contributed by atoms with Gasteiger partial charge in [0.2, 0.25) is 10.0 Å². The minimum Gasteiger partial charge on any atom is -0.478 e. The van der Waals surface area contributed by atoms with E-state index in [1.807, 2.05) is 0 Å². The number of ether oxygens (including phenoxy) is 1. The van der Waals surface area contributed by atoms with Crippen LogP contribution >= 0.6 is 0 Å². The Bertz CT molecular complexity index is 548. The molecule has 1 aliphatic heterocycles. The molecule has 0 saturated carbocycles. The molecule has 0 bridgehead atoms. The van der Waals surface area contributed by atoms with E-state index < -0.39 is 16.0 Å². The monoisotopic (exact) mass is 271 g/mol. The molecule has 2 N–H and O–H groups in total. The third-order valence-corrected chi connectivity index (χ3v) is 4.16. The fourth-order valence-corrected chi connectivity index (χ4v) is 3.01. The number of carboxylic acid groups (broad SMARTS) is 1. The van der Waals surface area contributed by atoms with Gasteiger partial charge in [0.15, 0.2) is 0 Å². The van der Waals surface area contributed by atoms with Gasteiger partial charge < -0.3 is 9.84 Å². The largest absolute Gasteiger partial charge is 0.478 e. The zero-order valence-electron chi connectivity index (χ0n) is 9.50. The number of rotatable bonds is 4. The van der Waals surface area contributed by atoms with E-state index in [0.29, 0.717) is 19.6 Å². The van der Waals surface area contributed by atoms with Gasteiger partial charge in [-0.25, -0.2) is 17.9 Å². The van der Waals surface area contributed by atoms with E-state index >= 15 is 0 Å². The smallest absolute Gasteiger partial charge is 0.335 e. The average molecular weight is 271 g/mol. The summed E-state index contributed by atoms with van der Waals surface area (Å²) < 4.78 is 31.6. The molecule has 1 fully saturated rings. The first-order chi connectivity index (χ1) is 8.49. The fourth-order valence-electron chi connectivity index (χ4n) is 1.71. The van der Waals surface area contributed by atoms with Gasteiger partial charge in [0.05, 0.1) is 17.1 Å². The number of carbonyl (C=O) groups is 1. The number of benzene rings is 1. The number of hydrogen-bond donors (Lipinski definition) is 2. The lowest BCUT2D eigenvalue weighted by Gasteiger charge is -2.11. The van der Waals surface area contributed by atoms with Crippen LogP contribution in [0.15, 0.2) is 29.2 Å². The lowest BCUT2D eigenvalue weighted by Crippen LogP contribution is -2.35. The van der Waals surface area contributed by atoms with Crippen LogP contribution in [-0.4, -0.2) is 38.7 Å². The Morgan fingerprint density at radius 1 is 1.44 bits per heavy atom. The molecule has 1 unspecified atom stereocenters. The molecule has 0 aromatic heterocycles. The second kappa shape index (κ2) is 5.05. The Morgan fingerprint density at radius 3 is 2.83 bits per heavy atom. The molecule has 1 heterocycles. The maximum Gasteiger partial charge on any atom is 0.335 e. The summed E-state index contributed by atoms with van der Waals surface area (Å²) in [6.45, 7) is 0.875. The normalized spacial score (nSPS) is 19.9. The van der Waals surface area contributed by atoms with E-state index in [1.54, 1.807) is 0 Å². The Morgan fingerprint density at radius 2 is 2.22 bits per heavy atom. The molecule has 6 nitrogen and oxygen atoms in total. The predicted molar refractivity (Wildman–Crippen MR) is 62.9 cm³/mol. The molecule has 1 aromatic rings. The molecule has 1 aromatic carbocycles. The zero-order chi connectivity index (χ0) is 13.2. The first-order valence-electron chi connectivity index (χ1n) is 5.42. The van der Waals surface area contributed by atoms with Crippen LogP contribution in [0.5, 0.6) is 0 Å². The van der Waals surface area contributed by atoms with E-state index in [-0.39, 0.29) is 16.5 Å². The van der Waals surface area contributed by atoms with Gasteiger partial charge in [-0.1, -0.05) is 6.07 Å². The number of sulfonamides is 1. The molecule has 0 radical (unpaired) electrons. The standard InChI is InChI=1S/C11H13NO5S/c13-11(14)8-2-1-3-10(6-8)18(15,16)12-9-4-5-17-7-9/h1-3,6,9,12H,4-5,7H2,(H,13,14). The third-order valence-electron chi connectivity index (χ3n) is 2.64. The molecule has 18 heavy (non-hydrogen) atoms. The van der Waals surface area contributed by atoms with E-state index in [1.165, 1.54) is 18.2 Å². The number of carboxylic acids is 1. The van der Waals surface area contributed by atoms with Crippen molar-refractivity contribution in [1.82, 2.24) is 4.72 Å². The van der Waals surface area contributed by atoms with Gasteiger partial charge >= 0.3 is 5.97 Å². The number of hydrogen-bond acceptors (Lipinski definition) is 4. The summed E-state index contributed by atoms with van der Waals surface area (Å²) in [7, 11) is -3.69. The number of nitrogens with one attached hydrogen (secondary N) is 1. The molecule has 0 spiro atoms. The van der Waals surface area contributed by atoms with E-state index in [0.717, 1.165) is 6.07 Å².